The Morgan fingerprint density at radius 2 is 2.00 bits per heavy atom. The van der Waals surface area contributed by atoms with Crippen molar-refractivity contribution in [2.45, 2.75) is 19.1 Å². The molecule has 0 saturated carbocycles. The van der Waals surface area contributed by atoms with Crippen LogP contribution in [0, 0.1) is 0 Å². The summed E-state index contributed by atoms with van der Waals surface area (Å²) in [5, 5.41) is 16.6. The Balaban J connectivity index is 0. The van der Waals surface area contributed by atoms with Crippen LogP contribution >= 0.6 is 0 Å². The van der Waals surface area contributed by atoms with Gasteiger partial charge in [-0.15, -0.1) is 0 Å². The van der Waals surface area contributed by atoms with Crippen LogP contribution in [-0.4, -0.2) is 28.3 Å². The van der Waals surface area contributed by atoms with Crippen molar-refractivity contribution >= 4 is 5.97 Å². The maximum absolute atomic E-state index is 9.86. The minimum atomic E-state index is -1.18. The monoisotopic (exact) mass is 175 g/mol. The quantitative estimate of drug-likeness (QED) is 0.459. The van der Waals surface area contributed by atoms with Crippen molar-refractivity contribution in [1.29, 1.82) is 0 Å². The predicted molar refractivity (Wildman–Crippen MR) is 27.3 cm³/mol. The molecular weight excluding hydrogens is 166 g/mol. The van der Waals surface area contributed by atoms with E-state index in [2.05, 4.69) is 0 Å². The van der Waals surface area contributed by atoms with Crippen molar-refractivity contribution in [2.75, 3.05) is 0 Å². The van der Waals surface area contributed by atoms with Gasteiger partial charge in [0.2, 0.25) is 0 Å². The van der Waals surface area contributed by atoms with Gasteiger partial charge < -0.3 is 15.9 Å². The summed E-state index contributed by atoms with van der Waals surface area (Å²) < 4.78 is 0. The Hall–Kier alpha value is -0.0905. The second kappa shape index (κ2) is 4.76. The number of carboxylic acid groups (broad SMARTS) is 1. The van der Waals surface area contributed by atoms with E-state index in [1.807, 2.05) is 0 Å². The van der Waals surface area contributed by atoms with Crippen LogP contribution in [0.3, 0.4) is 0 Å². The summed E-state index contributed by atoms with van der Waals surface area (Å²) in [4.78, 5) is 9.86. The number of hydrogen-bond acceptors (Lipinski definition) is 3. The molecular formula is C4H9FeNO3. The van der Waals surface area contributed by atoms with Gasteiger partial charge in [-0.05, 0) is 6.92 Å². The Labute approximate surface area is 63.5 Å². The van der Waals surface area contributed by atoms with Crippen LogP contribution in [0.2, 0.25) is 0 Å². The maximum Gasteiger partial charge on any atom is 0.323 e. The standard InChI is InChI=1S/C4H9NO3.Fe/c1-2(6)3(5)4(7)8;/h2-3,6H,5H2,1H3,(H,7,8);/t2-,3+;/m1./s1. The molecule has 9 heavy (non-hydrogen) atoms. The zero-order valence-electron chi connectivity index (χ0n) is 4.89. The first-order chi connectivity index (χ1) is 3.55. The Bertz CT molecular complexity index is 95.8. The first-order valence-electron chi connectivity index (χ1n) is 2.22. The smallest absolute Gasteiger partial charge is 0.323 e. The Kier molecular flexibility index (Phi) is 6.17. The van der Waals surface area contributed by atoms with E-state index in [9.17, 15) is 4.79 Å². The number of carboxylic acids is 1. The molecule has 0 aromatic carbocycles. The number of nitrogens with two attached hydrogens (primary N) is 1. The van der Waals surface area contributed by atoms with Crippen molar-refractivity contribution in [2.24, 2.45) is 5.73 Å². The molecule has 56 valence electrons. The fourth-order valence-electron chi connectivity index (χ4n) is 0.206. The van der Waals surface area contributed by atoms with Gasteiger partial charge in [0.15, 0.2) is 0 Å². The molecule has 0 aliphatic rings. The molecule has 0 fully saturated rings. The van der Waals surface area contributed by atoms with Crippen molar-refractivity contribution < 1.29 is 32.1 Å². The summed E-state index contributed by atoms with van der Waals surface area (Å²) in [7, 11) is 0. The Morgan fingerprint density at radius 1 is 1.67 bits per heavy atom. The van der Waals surface area contributed by atoms with Crippen LogP contribution in [0.15, 0.2) is 0 Å². The van der Waals surface area contributed by atoms with Gasteiger partial charge in [0.25, 0.3) is 0 Å². The maximum atomic E-state index is 9.86. The molecule has 2 atom stereocenters. The number of aliphatic carboxylic acids is 1. The van der Waals surface area contributed by atoms with E-state index in [4.69, 9.17) is 15.9 Å². The largest absolute Gasteiger partial charge is 0.480 e. The first kappa shape index (κ1) is 11.7. The molecule has 0 aromatic heterocycles. The zero-order valence-corrected chi connectivity index (χ0v) is 5.99. The predicted octanol–water partition coefficient (Wildman–Crippen LogP) is -1.22. The molecule has 0 radical (unpaired) electrons. The van der Waals surface area contributed by atoms with Crippen LogP contribution < -0.4 is 5.73 Å². The van der Waals surface area contributed by atoms with Crippen LogP contribution in [0.5, 0.6) is 0 Å². The number of carbonyl (C=O) groups is 1. The number of aliphatic hydroxyl groups excluding tert-OH is 1. The minimum Gasteiger partial charge on any atom is -0.480 e. The van der Waals surface area contributed by atoms with E-state index in [0.717, 1.165) is 0 Å². The summed E-state index contributed by atoms with van der Waals surface area (Å²) >= 11 is 0. The number of rotatable bonds is 2. The van der Waals surface area contributed by atoms with Crippen LogP contribution in [0.25, 0.3) is 0 Å². The molecule has 0 heterocycles. The molecule has 0 rings (SSSR count). The minimum absolute atomic E-state index is 0. The van der Waals surface area contributed by atoms with E-state index < -0.39 is 18.1 Å². The molecule has 0 bridgehead atoms. The normalized spacial score (nSPS) is 15.4. The third kappa shape index (κ3) is 4.42. The van der Waals surface area contributed by atoms with Gasteiger partial charge in [-0.3, -0.25) is 4.79 Å². The average molecular weight is 175 g/mol. The Morgan fingerprint density at radius 3 is 2.00 bits per heavy atom. The number of aliphatic hydroxyl groups is 1. The van der Waals surface area contributed by atoms with Gasteiger partial charge in [0.1, 0.15) is 6.04 Å². The third-order valence-corrected chi connectivity index (χ3v) is 0.805. The molecule has 0 aliphatic heterocycles. The van der Waals surface area contributed by atoms with Gasteiger partial charge >= 0.3 is 5.97 Å². The molecule has 0 aromatic rings. The molecule has 5 heteroatoms. The molecule has 0 spiro atoms. The van der Waals surface area contributed by atoms with E-state index in [1.165, 1.54) is 6.92 Å². The second-order valence-electron chi connectivity index (χ2n) is 1.60. The summed E-state index contributed by atoms with van der Waals surface area (Å²) in [5.41, 5.74) is 4.91. The van der Waals surface area contributed by atoms with Crippen LogP contribution in [-0.2, 0) is 21.9 Å². The van der Waals surface area contributed by atoms with Gasteiger partial charge in [-0.2, -0.15) is 0 Å². The van der Waals surface area contributed by atoms with Gasteiger partial charge in [0.05, 0.1) is 6.10 Å². The summed E-state index contributed by atoms with van der Waals surface area (Å²) in [6.07, 6.45) is -0.979. The molecule has 0 aliphatic carbocycles. The SMILES string of the molecule is C[C@@H](O)[C@H](N)C(=O)O.[Fe]. The topological polar surface area (TPSA) is 83.5 Å². The average Bonchev–Trinajstić information content (AvgIpc) is 1.64. The molecule has 4 nitrogen and oxygen atoms in total. The molecule has 4 N–H and O–H groups in total. The summed E-state index contributed by atoms with van der Waals surface area (Å²) in [5.74, 6) is -1.18. The second-order valence-corrected chi connectivity index (χ2v) is 1.60. The van der Waals surface area contributed by atoms with Crippen LogP contribution in [0.1, 0.15) is 6.92 Å². The summed E-state index contributed by atoms with van der Waals surface area (Å²) in [6, 6.07) is -1.16. The van der Waals surface area contributed by atoms with E-state index in [1.54, 1.807) is 0 Å². The van der Waals surface area contributed by atoms with Crippen molar-refractivity contribution in [3.63, 3.8) is 0 Å². The number of hydrogen-bond donors (Lipinski definition) is 3. The molecule has 0 unspecified atom stereocenters. The fourth-order valence-corrected chi connectivity index (χ4v) is 0.206. The first-order valence-corrected chi connectivity index (χ1v) is 2.22. The van der Waals surface area contributed by atoms with Gasteiger partial charge in [-0.25, -0.2) is 0 Å². The molecule has 0 saturated heterocycles. The van der Waals surface area contributed by atoms with Gasteiger partial charge in [-0.1, -0.05) is 0 Å². The van der Waals surface area contributed by atoms with E-state index in [-0.39, 0.29) is 17.1 Å². The van der Waals surface area contributed by atoms with Crippen molar-refractivity contribution in [3.8, 4) is 0 Å². The van der Waals surface area contributed by atoms with E-state index in [0.29, 0.717) is 0 Å². The van der Waals surface area contributed by atoms with Crippen molar-refractivity contribution in [3.05, 3.63) is 0 Å². The van der Waals surface area contributed by atoms with Crippen molar-refractivity contribution in [1.82, 2.24) is 0 Å². The fraction of sp³-hybridized carbons (Fsp3) is 0.750. The third-order valence-electron chi connectivity index (χ3n) is 0.805. The van der Waals surface area contributed by atoms with E-state index >= 15 is 0 Å². The van der Waals surface area contributed by atoms with Gasteiger partial charge in [0, 0.05) is 17.1 Å². The molecule has 0 amide bonds. The zero-order chi connectivity index (χ0) is 6.73. The summed E-state index contributed by atoms with van der Waals surface area (Å²) in [6.45, 7) is 1.33. The van der Waals surface area contributed by atoms with Crippen LogP contribution in [0.4, 0.5) is 0 Å².